The highest BCUT2D eigenvalue weighted by Gasteiger charge is 2.42. The lowest BCUT2D eigenvalue weighted by Crippen LogP contribution is -2.55. The van der Waals surface area contributed by atoms with Crippen molar-refractivity contribution in [3.05, 3.63) is 101 Å². The maximum Gasteiger partial charge on any atom is 0.242 e. The van der Waals surface area contributed by atoms with E-state index < -0.39 is 28.3 Å². The van der Waals surface area contributed by atoms with Gasteiger partial charge in [-0.15, -0.1) is 0 Å². The summed E-state index contributed by atoms with van der Waals surface area (Å²) in [6.07, 6.45) is -0.162. The molecule has 1 aliphatic rings. The summed E-state index contributed by atoms with van der Waals surface area (Å²) < 4.78 is 32.3. The van der Waals surface area contributed by atoms with E-state index in [0.29, 0.717) is 30.8 Å². The number of carbonyl (C=O) groups excluding carboxylic acids is 2. The molecule has 0 bridgehead atoms. The molecular weight excluding hydrogens is 669 g/mol. The van der Waals surface area contributed by atoms with Crippen molar-refractivity contribution >= 4 is 27.5 Å². The molecule has 4 rings (SSSR count). The molecular formula is C38H54N6O6S. The van der Waals surface area contributed by atoms with Gasteiger partial charge in [0.25, 0.3) is 0 Å². The van der Waals surface area contributed by atoms with E-state index in [1.807, 2.05) is 87.5 Å². The third-order valence-electron chi connectivity index (χ3n) is 9.05. The van der Waals surface area contributed by atoms with E-state index in [1.54, 1.807) is 19.1 Å². The molecule has 0 aliphatic carbocycles. The van der Waals surface area contributed by atoms with Gasteiger partial charge in [0.1, 0.15) is 24.6 Å². The minimum Gasteiger partial charge on any atom is -0.374 e. The highest BCUT2D eigenvalue weighted by atomic mass is 32.2. The Morgan fingerprint density at radius 1 is 0.922 bits per heavy atom. The first kappa shape index (κ1) is 39.9. The second kappa shape index (κ2) is 18.1. The van der Waals surface area contributed by atoms with Crippen LogP contribution in [0.2, 0.25) is 0 Å². The summed E-state index contributed by atoms with van der Waals surface area (Å²) in [5.41, 5.74) is 3.73. The number of epoxide rings is 1. The van der Waals surface area contributed by atoms with Crippen LogP contribution in [0.5, 0.6) is 0 Å². The number of aliphatic hydroxyl groups excluding tert-OH is 1. The molecule has 3 aromatic carbocycles. The molecule has 3 unspecified atom stereocenters. The Morgan fingerprint density at radius 2 is 1.57 bits per heavy atom. The molecule has 1 aliphatic heterocycles. The van der Waals surface area contributed by atoms with E-state index >= 15 is 0 Å². The second-order valence-corrected chi connectivity index (χ2v) is 15.6. The Kier molecular flexibility index (Phi) is 14.1. The number of carbonyl (C=O) groups is 2. The topological polar surface area (TPSA) is 164 Å². The van der Waals surface area contributed by atoms with Crippen LogP contribution in [-0.2, 0) is 30.8 Å². The quantitative estimate of drug-likeness (QED) is 0.0805. The molecule has 3 aromatic rings. The summed E-state index contributed by atoms with van der Waals surface area (Å²) in [4.78, 5) is 25.7. The van der Waals surface area contributed by atoms with Crippen molar-refractivity contribution in [2.75, 3.05) is 30.7 Å². The molecule has 2 amide bonds. The first-order valence-electron chi connectivity index (χ1n) is 17.5. The van der Waals surface area contributed by atoms with Gasteiger partial charge in [0.15, 0.2) is 0 Å². The summed E-state index contributed by atoms with van der Waals surface area (Å²) in [5.74, 6) is -0.640. The SMILES string of the molecule is CCNC(=O)[C@@H](NC(=O)[C@H](C)NC[C@H](Cc1ccccc1)NC(O)c1cc(C2OC2N[C@H](C)c2ccccc2)cc(N(C)S(C)(=O)=O)c1)C(C)C. The number of aliphatic hydroxyl groups is 1. The Morgan fingerprint density at radius 3 is 2.18 bits per heavy atom. The van der Waals surface area contributed by atoms with Gasteiger partial charge in [-0.2, -0.15) is 0 Å². The van der Waals surface area contributed by atoms with Gasteiger partial charge in [-0.1, -0.05) is 74.5 Å². The monoisotopic (exact) mass is 722 g/mol. The number of nitrogens with zero attached hydrogens (tertiary/aromatic N) is 1. The van der Waals surface area contributed by atoms with Crippen LogP contribution in [0, 0.1) is 5.92 Å². The summed E-state index contributed by atoms with van der Waals surface area (Å²) in [6, 6.07) is 23.4. The zero-order valence-electron chi connectivity index (χ0n) is 30.6. The van der Waals surface area contributed by atoms with E-state index in [0.717, 1.165) is 22.9 Å². The second-order valence-electron chi connectivity index (χ2n) is 13.6. The van der Waals surface area contributed by atoms with Crippen molar-refractivity contribution in [1.82, 2.24) is 26.6 Å². The van der Waals surface area contributed by atoms with Crippen molar-refractivity contribution in [2.24, 2.45) is 5.92 Å². The van der Waals surface area contributed by atoms with Crippen LogP contribution in [0.4, 0.5) is 5.69 Å². The van der Waals surface area contributed by atoms with Crippen LogP contribution in [0.3, 0.4) is 0 Å². The number of hydrogen-bond donors (Lipinski definition) is 6. The standard InChI is InChI=1S/C38H54N6O6S/c1-8-39-37(47)33(24(2)3)43-35(45)26(5)40-23-31(19-27-15-11-9-12-16-27)42-36(46)30-20-29(21-32(22-30)44(6)51(7,48)49)34-38(50-34)41-25(4)28-17-13-10-14-18-28/h9-18,20-22,24-26,31,33-34,36,38,40-42,46H,8,19,23H2,1-7H3,(H,39,47)(H,43,45)/t25-,26+,31+,33+,34?,36?,38?/m1/s1. The number of ether oxygens (including phenoxy) is 1. The Balaban J connectivity index is 1.52. The summed E-state index contributed by atoms with van der Waals surface area (Å²) in [7, 11) is -2.12. The number of anilines is 1. The van der Waals surface area contributed by atoms with Crippen molar-refractivity contribution in [3.8, 4) is 0 Å². The molecule has 0 radical (unpaired) electrons. The zero-order valence-corrected chi connectivity index (χ0v) is 31.4. The number of amides is 2. The predicted molar refractivity (Wildman–Crippen MR) is 200 cm³/mol. The van der Waals surface area contributed by atoms with E-state index in [-0.39, 0.29) is 42.1 Å². The molecule has 7 atom stereocenters. The highest BCUT2D eigenvalue weighted by molar-refractivity contribution is 7.92. The van der Waals surface area contributed by atoms with Gasteiger partial charge in [-0.3, -0.25) is 24.5 Å². The average Bonchev–Trinajstić information content (AvgIpc) is 3.88. The number of benzene rings is 3. The molecule has 6 N–H and O–H groups in total. The third-order valence-corrected chi connectivity index (χ3v) is 10.3. The molecule has 1 fully saturated rings. The lowest BCUT2D eigenvalue weighted by atomic mass is 10.0. The van der Waals surface area contributed by atoms with Crippen LogP contribution < -0.4 is 30.9 Å². The third kappa shape index (κ3) is 11.6. The maximum atomic E-state index is 13.2. The lowest BCUT2D eigenvalue weighted by Gasteiger charge is -2.27. The van der Waals surface area contributed by atoms with E-state index in [9.17, 15) is 23.1 Å². The number of likely N-dealkylation sites (N-methyl/N-ethyl adjacent to an activating group) is 1. The van der Waals surface area contributed by atoms with Crippen LogP contribution >= 0.6 is 0 Å². The molecule has 1 saturated heterocycles. The normalized spacial score (nSPS) is 18.7. The first-order valence-corrected chi connectivity index (χ1v) is 19.4. The van der Waals surface area contributed by atoms with Crippen LogP contribution in [0.1, 0.15) is 75.2 Å². The van der Waals surface area contributed by atoms with E-state index in [2.05, 4.69) is 33.5 Å². The van der Waals surface area contributed by atoms with Crippen molar-refractivity contribution in [1.29, 1.82) is 0 Å². The highest BCUT2D eigenvalue weighted by Crippen LogP contribution is 2.41. The summed E-state index contributed by atoms with van der Waals surface area (Å²) >= 11 is 0. The minimum absolute atomic E-state index is 0.0234. The van der Waals surface area contributed by atoms with Crippen LogP contribution in [0.25, 0.3) is 0 Å². The number of sulfonamides is 1. The molecule has 0 saturated carbocycles. The molecule has 1 heterocycles. The summed E-state index contributed by atoms with van der Waals surface area (Å²) in [5, 5.41) is 27.3. The Labute approximate surface area is 302 Å². The van der Waals surface area contributed by atoms with Crippen LogP contribution in [0.15, 0.2) is 78.9 Å². The molecule has 13 heteroatoms. The van der Waals surface area contributed by atoms with Gasteiger partial charge >= 0.3 is 0 Å². The Hall–Kier alpha value is -3.85. The number of rotatable bonds is 19. The van der Waals surface area contributed by atoms with Gasteiger partial charge in [-0.25, -0.2) is 8.42 Å². The molecule has 278 valence electrons. The maximum absolute atomic E-state index is 13.2. The molecule has 0 aromatic heterocycles. The molecule has 51 heavy (non-hydrogen) atoms. The zero-order chi connectivity index (χ0) is 37.3. The van der Waals surface area contributed by atoms with Crippen LogP contribution in [-0.4, -0.2) is 76.1 Å². The van der Waals surface area contributed by atoms with Crippen molar-refractivity contribution in [3.63, 3.8) is 0 Å². The van der Waals surface area contributed by atoms with Gasteiger partial charge in [-0.05, 0) is 73.6 Å². The number of nitrogens with one attached hydrogen (secondary N) is 5. The first-order chi connectivity index (χ1) is 24.2. The van der Waals surface area contributed by atoms with Gasteiger partial charge in [0, 0.05) is 32.2 Å². The predicted octanol–water partition coefficient (Wildman–Crippen LogP) is 3.28. The fourth-order valence-corrected chi connectivity index (χ4v) is 6.34. The lowest BCUT2D eigenvalue weighted by molar-refractivity contribution is -0.130. The van der Waals surface area contributed by atoms with Gasteiger partial charge in [0.05, 0.1) is 18.0 Å². The number of hydrogen-bond acceptors (Lipinski definition) is 9. The van der Waals surface area contributed by atoms with Gasteiger partial charge in [0.2, 0.25) is 21.8 Å². The van der Waals surface area contributed by atoms with E-state index in [4.69, 9.17) is 4.74 Å². The average molecular weight is 723 g/mol. The van der Waals surface area contributed by atoms with Crippen molar-refractivity contribution < 1.29 is 27.9 Å². The minimum atomic E-state index is -3.60. The fraction of sp³-hybridized carbons (Fsp3) is 0.474. The largest absolute Gasteiger partial charge is 0.374 e. The smallest absolute Gasteiger partial charge is 0.242 e. The van der Waals surface area contributed by atoms with E-state index in [1.165, 1.54) is 11.4 Å². The summed E-state index contributed by atoms with van der Waals surface area (Å²) in [6.45, 7) is 10.1. The van der Waals surface area contributed by atoms with Crippen molar-refractivity contribution in [2.45, 2.75) is 83.8 Å². The molecule has 12 nitrogen and oxygen atoms in total. The van der Waals surface area contributed by atoms with Gasteiger partial charge < -0.3 is 25.8 Å². The molecule has 0 spiro atoms. The fourth-order valence-electron chi connectivity index (χ4n) is 5.85. The Bertz CT molecular complexity index is 1690.